The van der Waals surface area contributed by atoms with Crippen molar-refractivity contribution in [2.24, 2.45) is 0 Å². The minimum Gasteiger partial charge on any atom is -0.496 e. The Labute approximate surface area is 103 Å². The maximum absolute atomic E-state index is 13.0. The first-order valence-electron chi connectivity index (χ1n) is 5.27. The van der Waals surface area contributed by atoms with Crippen LogP contribution in [-0.4, -0.2) is 32.5 Å². The van der Waals surface area contributed by atoms with Crippen molar-refractivity contribution in [2.75, 3.05) is 20.3 Å². The van der Waals surface area contributed by atoms with E-state index in [0.29, 0.717) is 0 Å². The fourth-order valence-corrected chi connectivity index (χ4v) is 1.37. The molecule has 0 spiro atoms. The normalized spacial score (nSPS) is 10.7. The molecule has 0 aliphatic carbocycles. The van der Waals surface area contributed by atoms with Gasteiger partial charge in [-0.1, -0.05) is 0 Å². The Hall–Kier alpha value is -1.56. The monoisotopic (exact) mass is 262 g/mol. The lowest BCUT2D eigenvalue weighted by molar-refractivity contribution is 0.0169. The zero-order valence-electron chi connectivity index (χ0n) is 9.79. The smallest absolute Gasteiger partial charge is 0.261 e. The minimum absolute atomic E-state index is 0.0816. The SMILES string of the molecule is COc1ccc(F)cc1C(=O)CCOCC(F)F. The molecule has 0 aromatic heterocycles. The zero-order chi connectivity index (χ0) is 13.5. The average Bonchev–Trinajstić information content (AvgIpc) is 2.34. The number of rotatable bonds is 7. The summed E-state index contributed by atoms with van der Waals surface area (Å²) in [5.41, 5.74) is 0.0816. The van der Waals surface area contributed by atoms with E-state index in [1.54, 1.807) is 0 Å². The number of alkyl halides is 2. The molecule has 0 heterocycles. The summed E-state index contributed by atoms with van der Waals surface area (Å²) in [6, 6.07) is 3.56. The van der Waals surface area contributed by atoms with E-state index in [1.165, 1.54) is 19.2 Å². The number of Topliss-reactive ketones (excluding diaryl/α,β-unsaturated/α-hetero) is 1. The lowest BCUT2D eigenvalue weighted by Gasteiger charge is -2.08. The summed E-state index contributed by atoms with van der Waals surface area (Å²) in [6.07, 6.45) is -2.67. The number of benzene rings is 1. The molecule has 1 rings (SSSR count). The standard InChI is InChI=1S/C12H13F3O3/c1-17-11-3-2-8(13)6-9(11)10(16)4-5-18-7-12(14)15/h2-3,6,12H,4-5,7H2,1H3. The van der Waals surface area contributed by atoms with E-state index in [-0.39, 0.29) is 24.3 Å². The van der Waals surface area contributed by atoms with Crippen LogP contribution in [0.2, 0.25) is 0 Å². The van der Waals surface area contributed by atoms with Crippen LogP contribution in [0.25, 0.3) is 0 Å². The highest BCUT2D eigenvalue weighted by molar-refractivity contribution is 5.98. The molecular weight excluding hydrogens is 249 g/mol. The van der Waals surface area contributed by atoms with E-state index in [0.717, 1.165) is 6.07 Å². The molecule has 0 N–H and O–H groups in total. The third kappa shape index (κ3) is 4.37. The molecule has 0 unspecified atom stereocenters. The summed E-state index contributed by atoms with van der Waals surface area (Å²) in [5, 5.41) is 0. The van der Waals surface area contributed by atoms with Crippen molar-refractivity contribution in [3.05, 3.63) is 29.6 Å². The molecule has 3 nitrogen and oxygen atoms in total. The van der Waals surface area contributed by atoms with Crippen LogP contribution in [0, 0.1) is 5.82 Å². The van der Waals surface area contributed by atoms with Crippen LogP contribution in [0.5, 0.6) is 5.75 Å². The van der Waals surface area contributed by atoms with Crippen molar-refractivity contribution in [3.8, 4) is 5.75 Å². The third-order valence-corrected chi connectivity index (χ3v) is 2.18. The van der Waals surface area contributed by atoms with E-state index in [1.807, 2.05) is 0 Å². The van der Waals surface area contributed by atoms with Crippen LogP contribution in [-0.2, 0) is 4.74 Å². The van der Waals surface area contributed by atoms with Gasteiger partial charge in [0, 0.05) is 6.42 Å². The molecule has 0 saturated carbocycles. The number of ether oxygens (including phenoxy) is 2. The second-order valence-electron chi connectivity index (χ2n) is 3.48. The van der Waals surface area contributed by atoms with Crippen molar-refractivity contribution in [2.45, 2.75) is 12.8 Å². The van der Waals surface area contributed by atoms with Gasteiger partial charge in [-0.25, -0.2) is 13.2 Å². The van der Waals surface area contributed by atoms with Gasteiger partial charge >= 0.3 is 0 Å². The molecule has 1 aromatic rings. The molecule has 0 saturated heterocycles. The zero-order valence-corrected chi connectivity index (χ0v) is 9.79. The predicted molar refractivity (Wildman–Crippen MR) is 58.7 cm³/mol. The average molecular weight is 262 g/mol. The van der Waals surface area contributed by atoms with Crippen molar-refractivity contribution in [1.29, 1.82) is 0 Å². The summed E-state index contributed by atoms with van der Waals surface area (Å²) < 4.78 is 46.1. The van der Waals surface area contributed by atoms with Crippen LogP contribution in [0.3, 0.4) is 0 Å². The van der Waals surface area contributed by atoms with Crippen LogP contribution in [0.15, 0.2) is 18.2 Å². The van der Waals surface area contributed by atoms with Crippen LogP contribution in [0.4, 0.5) is 13.2 Å². The maximum atomic E-state index is 13.0. The second kappa shape index (κ2) is 7.00. The lowest BCUT2D eigenvalue weighted by Crippen LogP contribution is -2.10. The van der Waals surface area contributed by atoms with E-state index in [4.69, 9.17) is 4.74 Å². The molecule has 0 atom stereocenters. The Morgan fingerprint density at radius 1 is 1.39 bits per heavy atom. The van der Waals surface area contributed by atoms with Gasteiger partial charge in [-0.3, -0.25) is 4.79 Å². The van der Waals surface area contributed by atoms with Gasteiger partial charge in [-0.15, -0.1) is 0 Å². The summed E-state index contributed by atoms with van der Waals surface area (Å²) >= 11 is 0. The van der Waals surface area contributed by atoms with E-state index < -0.39 is 24.6 Å². The molecule has 100 valence electrons. The third-order valence-electron chi connectivity index (χ3n) is 2.18. The lowest BCUT2D eigenvalue weighted by atomic mass is 10.1. The second-order valence-corrected chi connectivity index (χ2v) is 3.48. The largest absolute Gasteiger partial charge is 0.496 e. The highest BCUT2D eigenvalue weighted by Gasteiger charge is 2.13. The van der Waals surface area contributed by atoms with Crippen molar-refractivity contribution >= 4 is 5.78 Å². The molecule has 0 aliphatic heterocycles. The summed E-state index contributed by atoms with van der Waals surface area (Å²) in [4.78, 5) is 11.7. The van der Waals surface area contributed by atoms with Crippen molar-refractivity contribution < 1.29 is 27.4 Å². The molecule has 1 aromatic carbocycles. The topological polar surface area (TPSA) is 35.5 Å². The Kier molecular flexibility index (Phi) is 5.64. The van der Waals surface area contributed by atoms with Crippen molar-refractivity contribution in [3.63, 3.8) is 0 Å². The highest BCUT2D eigenvalue weighted by atomic mass is 19.3. The first kappa shape index (κ1) is 14.5. The Morgan fingerprint density at radius 2 is 2.11 bits per heavy atom. The highest BCUT2D eigenvalue weighted by Crippen LogP contribution is 2.20. The fourth-order valence-electron chi connectivity index (χ4n) is 1.37. The molecule has 0 radical (unpaired) electrons. The Morgan fingerprint density at radius 3 is 2.72 bits per heavy atom. The molecular formula is C12H13F3O3. The van der Waals surface area contributed by atoms with Gasteiger partial charge in [0.1, 0.15) is 18.2 Å². The molecule has 18 heavy (non-hydrogen) atoms. The molecule has 0 bridgehead atoms. The fraction of sp³-hybridized carbons (Fsp3) is 0.417. The van der Waals surface area contributed by atoms with Crippen LogP contribution in [0.1, 0.15) is 16.8 Å². The Bertz CT molecular complexity index is 408. The minimum atomic E-state index is -2.57. The van der Waals surface area contributed by atoms with Crippen LogP contribution >= 0.6 is 0 Å². The summed E-state index contributed by atoms with van der Waals surface area (Å²) in [5.74, 6) is -0.733. The number of ketones is 1. The quantitative estimate of drug-likeness (QED) is 0.560. The van der Waals surface area contributed by atoms with Gasteiger partial charge in [-0.2, -0.15) is 0 Å². The van der Waals surface area contributed by atoms with Gasteiger partial charge in [-0.05, 0) is 18.2 Å². The first-order chi connectivity index (χ1) is 8.54. The molecule has 0 fully saturated rings. The van der Waals surface area contributed by atoms with Crippen molar-refractivity contribution in [1.82, 2.24) is 0 Å². The first-order valence-corrected chi connectivity index (χ1v) is 5.27. The van der Waals surface area contributed by atoms with E-state index in [9.17, 15) is 18.0 Å². The summed E-state index contributed by atoms with van der Waals surface area (Å²) in [6.45, 7) is -0.851. The van der Waals surface area contributed by atoms with E-state index in [2.05, 4.69) is 4.74 Å². The van der Waals surface area contributed by atoms with Gasteiger partial charge in [0.2, 0.25) is 0 Å². The molecule has 0 amide bonds. The molecule has 0 aliphatic rings. The number of halogens is 3. The van der Waals surface area contributed by atoms with Gasteiger partial charge in [0.25, 0.3) is 6.43 Å². The predicted octanol–water partition coefficient (Wildman–Crippen LogP) is 2.69. The Balaban J connectivity index is 2.58. The number of carbonyl (C=O) groups is 1. The maximum Gasteiger partial charge on any atom is 0.261 e. The number of carbonyl (C=O) groups excluding carboxylic acids is 1. The van der Waals surface area contributed by atoms with Gasteiger partial charge < -0.3 is 9.47 Å². The summed E-state index contributed by atoms with van der Waals surface area (Å²) in [7, 11) is 1.36. The van der Waals surface area contributed by atoms with E-state index >= 15 is 0 Å². The molecule has 6 heteroatoms. The van der Waals surface area contributed by atoms with Crippen LogP contribution < -0.4 is 4.74 Å². The van der Waals surface area contributed by atoms with Gasteiger partial charge in [0.05, 0.1) is 19.3 Å². The number of hydrogen-bond acceptors (Lipinski definition) is 3. The number of hydrogen-bond donors (Lipinski definition) is 0. The number of methoxy groups -OCH3 is 1. The van der Waals surface area contributed by atoms with Gasteiger partial charge in [0.15, 0.2) is 5.78 Å².